The molecule has 0 spiro atoms. The molecule has 12 heterocycles. The molecule has 4 aromatic carbocycles. The van der Waals surface area contributed by atoms with E-state index < -0.39 is 0 Å². The highest BCUT2D eigenvalue weighted by molar-refractivity contribution is 5.84. The number of anilines is 8. The van der Waals surface area contributed by atoms with Gasteiger partial charge in [-0.3, -0.25) is 0 Å². The van der Waals surface area contributed by atoms with Crippen LogP contribution in [0.5, 0.6) is 0 Å². The number of para-hydroxylation sites is 7. The Bertz CT molecular complexity index is 5160. The van der Waals surface area contributed by atoms with Gasteiger partial charge < -0.3 is 19.6 Å². The first kappa shape index (κ1) is 73.6. The van der Waals surface area contributed by atoms with E-state index in [0.29, 0.717) is 24.2 Å². The minimum atomic E-state index is 0.202. The molecular formula is C90H109N17+8. The summed E-state index contributed by atoms with van der Waals surface area (Å²) in [7, 11) is 25.6. The second-order valence-electron chi connectivity index (χ2n) is 29.4. The third-order valence-electron chi connectivity index (χ3n) is 22.4. The fourth-order valence-corrected chi connectivity index (χ4v) is 15.7. The number of pyridine rings is 7. The summed E-state index contributed by atoms with van der Waals surface area (Å²) in [5, 5.41) is 0. The Hall–Kier alpha value is -11.7. The molecule has 0 aliphatic carbocycles. The van der Waals surface area contributed by atoms with Crippen molar-refractivity contribution in [3.63, 3.8) is 0 Å². The van der Waals surface area contributed by atoms with Crippen molar-refractivity contribution in [2.75, 3.05) is 57.6 Å². The third kappa shape index (κ3) is 13.7. The first-order chi connectivity index (χ1) is 51.5. The van der Waals surface area contributed by atoms with Crippen molar-refractivity contribution < 1.29 is 36.5 Å². The zero-order valence-electron chi connectivity index (χ0n) is 66.4. The minimum Gasteiger partial charge on any atom is -0.339 e. The first-order valence-electron chi connectivity index (χ1n) is 37.5. The fourth-order valence-electron chi connectivity index (χ4n) is 15.7. The van der Waals surface area contributed by atoms with Gasteiger partial charge in [-0.25, -0.2) is 42.4 Å². The van der Waals surface area contributed by atoms with Crippen LogP contribution in [-0.4, -0.2) is 67.2 Å². The predicted molar refractivity (Wildman–Crippen MR) is 433 cm³/mol. The summed E-state index contributed by atoms with van der Waals surface area (Å²) in [6, 6.07) is 77.9. The first-order valence-corrected chi connectivity index (χ1v) is 37.5. The van der Waals surface area contributed by atoms with Crippen molar-refractivity contribution >= 4 is 57.1 Å². The molecule has 546 valence electrons. The molecule has 17 nitrogen and oxygen atoms in total. The van der Waals surface area contributed by atoms with Crippen molar-refractivity contribution in [2.24, 2.45) is 56.4 Å². The summed E-state index contributed by atoms with van der Waals surface area (Å²) >= 11 is 0. The molecule has 16 rings (SSSR count). The highest BCUT2D eigenvalue weighted by Gasteiger charge is 2.43. The number of nitrogens with zero attached hydrogens (tertiary/aromatic N) is 17. The molecule has 17 heteroatoms. The predicted octanol–water partition coefficient (Wildman–Crippen LogP) is 13.2. The normalized spacial score (nSPS) is 16.4. The molecule has 0 unspecified atom stereocenters. The number of aromatic nitrogens is 9. The van der Waals surface area contributed by atoms with Crippen LogP contribution in [0.3, 0.4) is 0 Å². The van der Waals surface area contributed by atoms with Crippen LogP contribution in [0.2, 0.25) is 0 Å². The maximum atomic E-state index is 2.52. The van der Waals surface area contributed by atoms with Crippen molar-refractivity contribution in [3.8, 4) is 51.4 Å². The van der Waals surface area contributed by atoms with Gasteiger partial charge in [-0.1, -0.05) is 82.3 Å². The Morgan fingerprint density at radius 1 is 0.299 bits per heavy atom. The average molecular weight is 1430 g/mol. The molecule has 0 bridgehead atoms. The van der Waals surface area contributed by atoms with Gasteiger partial charge in [0, 0.05) is 112 Å². The van der Waals surface area contributed by atoms with Crippen LogP contribution in [0.4, 0.5) is 46.0 Å². The molecule has 12 aromatic rings. The largest absolute Gasteiger partial charge is 0.339 e. The van der Waals surface area contributed by atoms with Crippen LogP contribution in [0, 0.1) is 0 Å². The average Bonchev–Trinajstić information content (AvgIpc) is 1.59. The lowest BCUT2D eigenvalue weighted by Gasteiger charge is -2.22. The zero-order chi connectivity index (χ0) is 75.8. The van der Waals surface area contributed by atoms with E-state index in [1.54, 1.807) is 0 Å². The molecule has 0 amide bonds. The lowest BCUT2D eigenvalue weighted by atomic mass is 9.92. The van der Waals surface area contributed by atoms with Gasteiger partial charge in [-0.05, 0) is 143 Å². The lowest BCUT2D eigenvalue weighted by Crippen LogP contribution is -2.46. The number of benzene rings is 4. The number of rotatable bonds is 11. The smallest absolute Gasteiger partial charge is 0.335 e. The standard InChI is InChI=1S/C35H41N5.C21H24N4.2C17H22N4/c1-23(2)26-15-13-16-27(24(3)4)34(26)40-31-20-12-10-18-29(31)38(8)35(40)32-21-14-22-33(37(32)7)39-25(5)36(6)28-17-9-11-19-30(28)39;1-16-23(3)19-11-5-6-12-20(19)25(16)21-14-9-13-18(24(21)4)17-10-7-8-15-22(17)2;2*1-14-18(2)12-13-21(14)17-10-7-9-16(20(17)4)15-8-5-6-11-19(15)3/h9-25H,1-8H3;5-16H,1-4H3;2*5-14H,1-4H3/q4*+2/t25-;16-;2*14-/m0000/s1. The number of imidazole rings is 1. The van der Waals surface area contributed by atoms with E-state index in [1.807, 2.05) is 12.1 Å². The minimum absolute atomic E-state index is 0.202. The van der Waals surface area contributed by atoms with E-state index in [4.69, 9.17) is 0 Å². The summed E-state index contributed by atoms with van der Waals surface area (Å²) in [5.41, 5.74) is 19.9. The summed E-state index contributed by atoms with van der Waals surface area (Å²) in [4.78, 5) is 18.5. The van der Waals surface area contributed by atoms with Crippen LogP contribution in [-0.2, 0) is 56.4 Å². The number of hydrogen-bond acceptors (Lipinski definition) is 8. The zero-order valence-corrected chi connectivity index (χ0v) is 66.4. The second kappa shape index (κ2) is 30.8. The van der Waals surface area contributed by atoms with Gasteiger partial charge in [0.15, 0.2) is 82.7 Å². The molecule has 8 aromatic heterocycles. The van der Waals surface area contributed by atoms with E-state index in [9.17, 15) is 0 Å². The Morgan fingerprint density at radius 3 is 1.01 bits per heavy atom. The Labute approximate surface area is 634 Å². The molecule has 4 aliphatic rings. The summed E-state index contributed by atoms with van der Waals surface area (Å²) in [6.45, 7) is 18.1. The number of aryl methyl sites for hydroxylation is 4. The van der Waals surface area contributed by atoms with E-state index in [1.165, 1.54) is 120 Å². The van der Waals surface area contributed by atoms with Gasteiger partial charge in [0.2, 0.25) is 5.69 Å². The Kier molecular flexibility index (Phi) is 21.2. The second-order valence-corrected chi connectivity index (χ2v) is 29.4. The quantitative estimate of drug-likeness (QED) is 0.119. The van der Waals surface area contributed by atoms with Crippen molar-refractivity contribution in [1.29, 1.82) is 0 Å². The topological polar surface area (TPSA) is 61.9 Å². The van der Waals surface area contributed by atoms with Gasteiger partial charge in [0.05, 0.1) is 46.6 Å². The van der Waals surface area contributed by atoms with Crippen LogP contribution in [0.15, 0.2) is 262 Å². The molecule has 0 radical (unpaired) electrons. The van der Waals surface area contributed by atoms with Crippen LogP contribution < -0.4 is 65.9 Å². The molecule has 0 fully saturated rings. The highest BCUT2D eigenvalue weighted by atomic mass is 15.5. The molecule has 107 heavy (non-hydrogen) atoms. The van der Waals surface area contributed by atoms with E-state index in [0.717, 1.165) is 0 Å². The number of fused-ring (bicyclic) bond motifs is 3. The van der Waals surface area contributed by atoms with E-state index >= 15 is 0 Å². The highest BCUT2D eigenvalue weighted by Crippen LogP contribution is 2.44. The summed E-state index contributed by atoms with van der Waals surface area (Å²) < 4.78 is 20.5. The molecule has 0 saturated carbocycles. The Balaban J connectivity index is 0.000000132. The van der Waals surface area contributed by atoms with E-state index in [-0.39, 0.29) is 12.3 Å². The SMILES string of the molecule is CC(C)c1cccc(C(C)C)c1-n1c(-c2cccc(N3c4ccccc4N(C)[C@@H]3C)[n+]2C)[n+](C)c2ccccc21.C[C@H]1N(C)C=CN1c1cccc(-c2cccc[n+]2C)[n+]1C.C[C@H]1N(C)C=CN1c1cccc(-c2cccc[n+]2C)[n+]1C.C[C@H]1N(C)c2ccccc2N1c1cccc(-c2cccc[n+]2C)[n+]1C. The lowest BCUT2D eigenvalue weighted by molar-refractivity contribution is -0.684. The summed E-state index contributed by atoms with van der Waals surface area (Å²) in [6.07, 6.45) is 15.9. The van der Waals surface area contributed by atoms with Crippen molar-refractivity contribution in [2.45, 2.75) is 91.9 Å². The number of hydrogen-bond donors (Lipinski definition) is 0. The molecule has 0 saturated heterocycles. The Morgan fingerprint density at radius 2 is 0.626 bits per heavy atom. The summed E-state index contributed by atoms with van der Waals surface area (Å²) in [5.74, 6) is 6.68. The van der Waals surface area contributed by atoms with Crippen molar-refractivity contribution in [1.82, 2.24) is 14.4 Å². The van der Waals surface area contributed by atoms with Crippen LogP contribution in [0.1, 0.15) is 78.4 Å². The van der Waals surface area contributed by atoms with Gasteiger partial charge in [0.1, 0.15) is 39.2 Å². The van der Waals surface area contributed by atoms with Gasteiger partial charge >= 0.3 is 5.82 Å². The maximum Gasteiger partial charge on any atom is 0.335 e. The van der Waals surface area contributed by atoms with E-state index in [2.05, 4.69) is 470 Å². The molecule has 4 aliphatic heterocycles. The molecule has 0 N–H and O–H groups in total. The third-order valence-corrected chi connectivity index (χ3v) is 22.4. The molecule has 4 atom stereocenters. The monoisotopic (exact) mass is 1430 g/mol. The molecular weight excluding hydrogens is 1320 g/mol. The fraction of sp³-hybridized carbons (Fsp3) is 0.289. The van der Waals surface area contributed by atoms with Gasteiger partial charge in [-0.15, -0.1) is 0 Å². The van der Waals surface area contributed by atoms with Crippen molar-refractivity contribution in [3.05, 3.63) is 273 Å². The van der Waals surface area contributed by atoms with Crippen LogP contribution >= 0.6 is 0 Å². The van der Waals surface area contributed by atoms with Gasteiger partial charge in [0.25, 0.3) is 40.4 Å². The van der Waals surface area contributed by atoms with Gasteiger partial charge in [-0.2, -0.15) is 18.3 Å². The van der Waals surface area contributed by atoms with Crippen LogP contribution in [0.25, 0.3) is 62.4 Å². The maximum absolute atomic E-state index is 2.52.